The number of hydrogen-bond donors (Lipinski definition) is 0. The molecule has 0 saturated carbocycles. The van der Waals surface area contributed by atoms with E-state index in [1.165, 1.54) is 6.92 Å². The van der Waals surface area contributed by atoms with E-state index in [2.05, 4.69) is 14.2 Å². The lowest BCUT2D eigenvalue weighted by atomic mass is 10.1. The van der Waals surface area contributed by atoms with Gasteiger partial charge in [-0.15, -0.1) is 0 Å². The highest BCUT2D eigenvalue weighted by atomic mass is 35.7. The van der Waals surface area contributed by atoms with Crippen LogP contribution in [0.3, 0.4) is 0 Å². The van der Waals surface area contributed by atoms with Crippen molar-refractivity contribution < 1.29 is 24.9 Å². The number of benzene rings is 1. The maximum atomic E-state index is 12.5. The summed E-state index contributed by atoms with van der Waals surface area (Å²) in [7, 11) is -4.37. The Morgan fingerprint density at radius 1 is 1.40 bits per heavy atom. The van der Waals surface area contributed by atoms with Crippen LogP contribution in [0.5, 0.6) is 5.75 Å². The molecule has 0 fully saturated rings. The van der Waals surface area contributed by atoms with Gasteiger partial charge in [-0.05, 0) is 29.6 Å². The Morgan fingerprint density at radius 2 is 2.00 bits per heavy atom. The van der Waals surface area contributed by atoms with Crippen molar-refractivity contribution in [1.29, 1.82) is 0 Å². The Kier molecular flexibility index (Phi) is 4.81. The molecule has 0 heterocycles. The Bertz CT molecular complexity index is 787. The molecule has 20 heavy (non-hydrogen) atoms. The van der Waals surface area contributed by atoms with E-state index in [4.69, 9.17) is 16.2 Å². The van der Waals surface area contributed by atoms with Gasteiger partial charge >= 0.3 is 10.5 Å². The van der Waals surface area contributed by atoms with Crippen LogP contribution in [-0.4, -0.2) is 16.8 Å². The third-order valence-electron chi connectivity index (χ3n) is 2.20. The van der Waals surface area contributed by atoms with E-state index in [1.54, 1.807) is 0 Å². The summed E-state index contributed by atoms with van der Waals surface area (Å²) in [4.78, 5) is 2.01. The maximum absolute atomic E-state index is 12.5. The van der Waals surface area contributed by atoms with E-state index in [0.717, 1.165) is 12.1 Å². The molecule has 1 aromatic rings. The Hall–Kier alpha value is -1.55. The van der Waals surface area contributed by atoms with Crippen molar-refractivity contribution in [1.82, 2.24) is 0 Å². The van der Waals surface area contributed by atoms with Crippen LogP contribution in [0.2, 0.25) is 0 Å². The molecule has 0 N–H and O–H groups in total. The molecular weight excluding hydrogens is 337 g/mol. The molecule has 12 heteroatoms. The second-order valence-electron chi connectivity index (χ2n) is 3.51. The predicted molar refractivity (Wildman–Crippen MR) is 67.7 cm³/mol. The molecule has 1 rings (SSSR count). The van der Waals surface area contributed by atoms with Crippen molar-refractivity contribution in [3.8, 4) is 5.75 Å². The van der Waals surface area contributed by atoms with Crippen LogP contribution in [0.1, 0.15) is 11.1 Å². The zero-order valence-corrected chi connectivity index (χ0v) is 12.2. The van der Waals surface area contributed by atoms with Crippen molar-refractivity contribution in [3.63, 3.8) is 0 Å². The smallest absolute Gasteiger partial charge is 0.358 e. The van der Waals surface area contributed by atoms with E-state index >= 15 is 0 Å². The minimum absolute atomic E-state index is 0.128. The van der Waals surface area contributed by atoms with Gasteiger partial charge in [-0.3, -0.25) is 0 Å². The first-order valence-electron chi connectivity index (χ1n) is 4.77. The summed E-state index contributed by atoms with van der Waals surface area (Å²) in [5, 5.41) is 3.21. The third kappa shape index (κ3) is 4.53. The number of nitrogens with zero attached hydrogens (tertiary/aromatic N) is 3. The van der Waals surface area contributed by atoms with Gasteiger partial charge in [-0.25, -0.2) is 8.42 Å². The first-order chi connectivity index (χ1) is 9.04. The Labute approximate surface area is 118 Å². The first kappa shape index (κ1) is 16.5. The second-order valence-corrected chi connectivity index (χ2v) is 7.00. The van der Waals surface area contributed by atoms with Gasteiger partial charge in [0.25, 0.3) is 9.05 Å². The zero-order chi connectivity index (χ0) is 15.6. The SMILES string of the molecule is Cc1c(CN=[N+]=[N-])cc(OS(=O)(=O)F)cc1S(=O)(=O)Cl. The van der Waals surface area contributed by atoms with Gasteiger partial charge in [0.15, 0.2) is 0 Å². The molecule has 8 nitrogen and oxygen atoms in total. The lowest BCUT2D eigenvalue weighted by Gasteiger charge is -2.10. The van der Waals surface area contributed by atoms with Gasteiger partial charge in [0, 0.05) is 21.7 Å². The van der Waals surface area contributed by atoms with E-state index in [0.29, 0.717) is 0 Å². The van der Waals surface area contributed by atoms with Crippen LogP contribution in [0, 0.1) is 6.92 Å². The van der Waals surface area contributed by atoms with Crippen molar-refractivity contribution >= 4 is 30.2 Å². The molecule has 0 bridgehead atoms. The van der Waals surface area contributed by atoms with Crippen molar-refractivity contribution in [2.24, 2.45) is 5.11 Å². The molecule has 0 saturated heterocycles. The quantitative estimate of drug-likeness (QED) is 0.351. The van der Waals surface area contributed by atoms with Crippen LogP contribution in [-0.2, 0) is 26.1 Å². The largest absolute Gasteiger partial charge is 0.488 e. The fraction of sp³-hybridized carbons (Fsp3) is 0.250. The van der Waals surface area contributed by atoms with Crippen molar-refractivity contribution in [2.75, 3.05) is 0 Å². The highest BCUT2D eigenvalue weighted by Crippen LogP contribution is 2.29. The predicted octanol–water partition coefficient (Wildman–Crippen LogP) is 2.33. The number of hydrogen-bond acceptors (Lipinski definition) is 6. The van der Waals surface area contributed by atoms with Crippen LogP contribution in [0.15, 0.2) is 22.1 Å². The average molecular weight is 344 g/mol. The molecular formula is C8H7ClFN3O5S2. The van der Waals surface area contributed by atoms with Gasteiger partial charge in [0.05, 0.1) is 11.4 Å². The summed E-state index contributed by atoms with van der Waals surface area (Å²) in [5.41, 5.74) is 8.49. The summed E-state index contributed by atoms with van der Waals surface area (Å²) < 4.78 is 60.0. The first-order valence-corrected chi connectivity index (χ1v) is 8.39. The molecule has 0 unspecified atom stereocenters. The Morgan fingerprint density at radius 3 is 2.45 bits per heavy atom. The molecule has 0 aliphatic carbocycles. The van der Waals surface area contributed by atoms with E-state index in [-0.39, 0.29) is 17.7 Å². The summed E-state index contributed by atoms with van der Waals surface area (Å²) in [6, 6.07) is 1.79. The lowest BCUT2D eigenvalue weighted by Crippen LogP contribution is -2.05. The van der Waals surface area contributed by atoms with Crippen molar-refractivity contribution in [2.45, 2.75) is 18.4 Å². The summed E-state index contributed by atoms with van der Waals surface area (Å²) in [6.07, 6.45) is 0. The standard InChI is InChI=1S/C8H7ClFN3O5S2/c1-5-6(4-12-13-11)2-7(18-20(10,16)17)3-8(5)19(9,14)15/h2-3H,4H2,1H3. The van der Waals surface area contributed by atoms with E-state index in [9.17, 15) is 20.7 Å². The molecule has 0 aliphatic rings. The van der Waals surface area contributed by atoms with Gasteiger partial charge < -0.3 is 4.18 Å². The zero-order valence-electron chi connectivity index (χ0n) is 9.82. The monoisotopic (exact) mass is 343 g/mol. The molecule has 0 aromatic heterocycles. The second kappa shape index (κ2) is 5.83. The fourth-order valence-electron chi connectivity index (χ4n) is 1.41. The third-order valence-corrected chi connectivity index (χ3v) is 4.04. The van der Waals surface area contributed by atoms with Crippen LogP contribution < -0.4 is 4.18 Å². The summed E-state index contributed by atoms with van der Waals surface area (Å²) >= 11 is 0. The van der Waals surface area contributed by atoms with Gasteiger partial charge in [0.2, 0.25) is 0 Å². The lowest BCUT2D eigenvalue weighted by molar-refractivity contribution is 0.439. The number of halogens is 2. The highest BCUT2D eigenvalue weighted by Gasteiger charge is 2.20. The average Bonchev–Trinajstić information content (AvgIpc) is 2.26. The van der Waals surface area contributed by atoms with Gasteiger partial charge in [-0.1, -0.05) is 9.00 Å². The minimum atomic E-state index is -5.33. The minimum Gasteiger partial charge on any atom is -0.358 e. The van der Waals surface area contributed by atoms with Gasteiger partial charge in [-0.2, -0.15) is 8.42 Å². The van der Waals surface area contributed by atoms with Crippen LogP contribution in [0.25, 0.3) is 10.4 Å². The molecule has 0 radical (unpaired) electrons. The van der Waals surface area contributed by atoms with Crippen molar-refractivity contribution in [3.05, 3.63) is 33.7 Å². The molecule has 0 amide bonds. The van der Waals surface area contributed by atoms with E-state index in [1.807, 2.05) is 0 Å². The molecule has 0 atom stereocenters. The maximum Gasteiger partial charge on any atom is 0.488 e. The molecule has 0 spiro atoms. The molecule has 0 aliphatic heterocycles. The topological polar surface area (TPSA) is 126 Å². The normalized spacial score (nSPS) is 11.8. The number of azide groups is 1. The van der Waals surface area contributed by atoms with Gasteiger partial charge in [0.1, 0.15) is 5.75 Å². The number of rotatable bonds is 5. The highest BCUT2D eigenvalue weighted by molar-refractivity contribution is 8.13. The summed E-state index contributed by atoms with van der Waals surface area (Å²) in [6.45, 7) is 1.08. The molecule has 110 valence electrons. The fourth-order valence-corrected chi connectivity index (χ4v) is 2.97. The Balaban J connectivity index is 3.53. The van der Waals surface area contributed by atoms with E-state index < -0.39 is 30.2 Å². The summed E-state index contributed by atoms with van der Waals surface area (Å²) in [5.74, 6) is -0.597. The van der Waals surface area contributed by atoms with Crippen LogP contribution in [0.4, 0.5) is 3.89 Å². The molecule has 1 aromatic carbocycles. The van der Waals surface area contributed by atoms with Crippen LogP contribution >= 0.6 is 10.7 Å².